The fourth-order valence-electron chi connectivity index (χ4n) is 3.20. The van der Waals surface area contributed by atoms with E-state index in [4.69, 9.17) is 29.1 Å². The molecule has 9 heteroatoms. The average Bonchev–Trinajstić information content (AvgIpc) is 3.15. The van der Waals surface area contributed by atoms with E-state index in [2.05, 4.69) is 0 Å². The Bertz CT molecular complexity index is 1040. The standard InChI is InChI=1S/C19H17NO8/c1-2-24-19(23)15-14(9-3-4-12-13(5-9)26-8-25-12)17-16(28-18(15)20)11(22)6-10(7-21)27-17/h3-6,14,21H,2,7-8,20H2,1H3. The molecular weight excluding hydrogens is 370 g/mol. The zero-order chi connectivity index (χ0) is 19.8. The molecule has 0 radical (unpaired) electrons. The van der Waals surface area contributed by atoms with Crippen molar-refractivity contribution in [2.24, 2.45) is 5.73 Å². The van der Waals surface area contributed by atoms with E-state index < -0.39 is 23.9 Å². The van der Waals surface area contributed by atoms with Gasteiger partial charge in [-0.05, 0) is 24.6 Å². The molecule has 1 aromatic heterocycles. The molecule has 3 N–H and O–H groups in total. The molecule has 1 unspecified atom stereocenters. The van der Waals surface area contributed by atoms with Gasteiger partial charge in [-0.1, -0.05) is 6.07 Å². The zero-order valence-electron chi connectivity index (χ0n) is 14.9. The summed E-state index contributed by atoms with van der Waals surface area (Å²) in [6, 6.07) is 6.16. The molecule has 0 saturated carbocycles. The molecule has 9 nitrogen and oxygen atoms in total. The largest absolute Gasteiger partial charge is 0.462 e. The lowest BCUT2D eigenvalue weighted by molar-refractivity contribution is -0.139. The lowest BCUT2D eigenvalue weighted by Gasteiger charge is -2.27. The van der Waals surface area contributed by atoms with Crippen LogP contribution in [0, 0.1) is 0 Å². The third-order valence-electron chi connectivity index (χ3n) is 4.39. The van der Waals surface area contributed by atoms with E-state index in [0.717, 1.165) is 6.07 Å². The highest BCUT2D eigenvalue weighted by molar-refractivity contribution is 5.92. The van der Waals surface area contributed by atoms with Crippen molar-refractivity contribution in [2.75, 3.05) is 13.4 Å². The zero-order valence-corrected chi connectivity index (χ0v) is 14.9. The van der Waals surface area contributed by atoms with Crippen LogP contribution in [0.5, 0.6) is 17.2 Å². The molecule has 4 rings (SSSR count). The van der Waals surface area contributed by atoms with Gasteiger partial charge >= 0.3 is 5.97 Å². The van der Waals surface area contributed by atoms with E-state index in [1.807, 2.05) is 0 Å². The van der Waals surface area contributed by atoms with Crippen LogP contribution in [0.25, 0.3) is 0 Å². The highest BCUT2D eigenvalue weighted by atomic mass is 16.7. The number of carbonyl (C=O) groups is 1. The fourth-order valence-corrected chi connectivity index (χ4v) is 3.20. The summed E-state index contributed by atoms with van der Waals surface area (Å²) in [5, 5.41) is 9.42. The topological polar surface area (TPSA) is 130 Å². The second kappa shape index (κ2) is 6.93. The van der Waals surface area contributed by atoms with E-state index in [9.17, 15) is 14.7 Å². The van der Waals surface area contributed by atoms with Gasteiger partial charge in [-0.2, -0.15) is 0 Å². The first-order valence-corrected chi connectivity index (χ1v) is 8.55. The maximum absolute atomic E-state index is 12.6. The molecule has 28 heavy (non-hydrogen) atoms. The summed E-state index contributed by atoms with van der Waals surface area (Å²) in [7, 11) is 0. The van der Waals surface area contributed by atoms with Gasteiger partial charge in [0.25, 0.3) is 0 Å². The van der Waals surface area contributed by atoms with Gasteiger partial charge in [0.05, 0.1) is 12.5 Å². The molecule has 0 saturated heterocycles. The van der Waals surface area contributed by atoms with Crippen LogP contribution < -0.4 is 25.4 Å². The number of benzene rings is 1. The van der Waals surface area contributed by atoms with Crippen LogP contribution in [-0.4, -0.2) is 24.5 Å². The monoisotopic (exact) mass is 387 g/mol. The summed E-state index contributed by atoms with van der Waals surface area (Å²) >= 11 is 0. The van der Waals surface area contributed by atoms with Crippen molar-refractivity contribution in [3.8, 4) is 17.2 Å². The minimum Gasteiger partial charge on any atom is -0.462 e. The summed E-state index contributed by atoms with van der Waals surface area (Å²) < 4.78 is 26.9. The molecule has 0 amide bonds. The number of esters is 1. The minimum atomic E-state index is -0.892. The number of ether oxygens (including phenoxy) is 4. The van der Waals surface area contributed by atoms with E-state index >= 15 is 0 Å². The van der Waals surface area contributed by atoms with E-state index in [1.165, 1.54) is 0 Å². The van der Waals surface area contributed by atoms with Crippen molar-refractivity contribution in [1.82, 2.24) is 0 Å². The third-order valence-corrected chi connectivity index (χ3v) is 4.39. The second-order valence-electron chi connectivity index (χ2n) is 6.07. The lowest BCUT2D eigenvalue weighted by Crippen LogP contribution is -2.30. The van der Waals surface area contributed by atoms with E-state index in [1.54, 1.807) is 25.1 Å². The average molecular weight is 387 g/mol. The van der Waals surface area contributed by atoms with Gasteiger partial charge in [0.1, 0.15) is 17.9 Å². The van der Waals surface area contributed by atoms with Crippen molar-refractivity contribution in [3.05, 3.63) is 63.0 Å². The fraction of sp³-hybridized carbons (Fsp3) is 0.263. The maximum Gasteiger partial charge on any atom is 0.340 e. The van der Waals surface area contributed by atoms with Crippen molar-refractivity contribution >= 4 is 5.97 Å². The third kappa shape index (κ3) is 2.85. The van der Waals surface area contributed by atoms with Crippen LogP contribution in [0.3, 0.4) is 0 Å². The summed E-state index contributed by atoms with van der Waals surface area (Å²) in [5.74, 6) is -0.886. The first-order valence-electron chi connectivity index (χ1n) is 8.55. The highest BCUT2D eigenvalue weighted by Gasteiger charge is 2.39. The number of rotatable bonds is 4. The maximum atomic E-state index is 12.6. The number of aliphatic hydroxyl groups excluding tert-OH is 1. The number of carbonyl (C=O) groups excluding carboxylic acids is 1. The molecule has 2 aliphatic rings. The highest BCUT2D eigenvalue weighted by Crippen LogP contribution is 2.44. The molecule has 0 fully saturated rings. The van der Waals surface area contributed by atoms with Gasteiger partial charge in [-0.15, -0.1) is 0 Å². The first kappa shape index (κ1) is 17.9. The van der Waals surface area contributed by atoms with Gasteiger partial charge < -0.3 is 34.2 Å². The number of hydrogen-bond donors (Lipinski definition) is 2. The summed E-state index contributed by atoms with van der Waals surface area (Å²) in [6.45, 7) is 1.36. The Hall–Kier alpha value is -3.46. The Morgan fingerprint density at radius 2 is 2.07 bits per heavy atom. The molecular formula is C19H17NO8. The summed E-state index contributed by atoms with van der Waals surface area (Å²) in [5.41, 5.74) is 6.00. The van der Waals surface area contributed by atoms with Gasteiger partial charge in [0.2, 0.25) is 23.9 Å². The summed E-state index contributed by atoms with van der Waals surface area (Å²) in [6.07, 6.45) is 0. The molecule has 0 spiro atoms. The van der Waals surface area contributed by atoms with Crippen LogP contribution in [-0.2, 0) is 16.1 Å². The SMILES string of the molecule is CCOC(=O)C1=C(N)Oc2c(oc(CO)cc2=O)C1c1ccc2c(c1)OCO2. The van der Waals surface area contributed by atoms with Crippen molar-refractivity contribution in [3.63, 3.8) is 0 Å². The minimum absolute atomic E-state index is 0.00791. The van der Waals surface area contributed by atoms with Gasteiger partial charge in [-0.3, -0.25) is 4.79 Å². The van der Waals surface area contributed by atoms with Gasteiger partial charge in [0, 0.05) is 6.07 Å². The van der Waals surface area contributed by atoms with Crippen molar-refractivity contribution < 1.29 is 33.3 Å². The Labute approximate surface area is 158 Å². The van der Waals surface area contributed by atoms with E-state index in [0.29, 0.717) is 17.1 Å². The number of fused-ring (bicyclic) bond motifs is 2. The van der Waals surface area contributed by atoms with Crippen LogP contribution in [0.1, 0.15) is 29.9 Å². The first-order chi connectivity index (χ1) is 13.5. The molecule has 0 bridgehead atoms. The Kier molecular flexibility index (Phi) is 4.44. The predicted molar refractivity (Wildman–Crippen MR) is 93.8 cm³/mol. The second-order valence-corrected chi connectivity index (χ2v) is 6.07. The van der Waals surface area contributed by atoms with E-state index in [-0.39, 0.29) is 42.1 Å². The molecule has 0 aliphatic carbocycles. The van der Waals surface area contributed by atoms with Crippen LogP contribution in [0.2, 0.25) is 0 Å². The van der Waals surface area contributed by atoms with Gasteiger partial charge in [0.15, 0.2) is 17.3 Å². The van der Waals surface area contributed by atoms with Gasteiger partial charge in [-0.25, -0.2) is 4.79 Å². The number of nitrogens with two attached hydrogens (primary N) is 1. The molecule has 2 aliphatic heterocycles. The normalized spacial score (nSPS) is 17.1. The smallest absolute Gasteiger partial charge is 0.340 e. The Balaban J connectivity index is 1.94. The molecule has 2 aromatic rings. The quantitative estimate of drug-likeness (QED) is 0.741. The predicted octanol–water partition coefficient (Wildman–Crippen LogP) is 1.12. The molecule has 1 atom stereocenters. The van der Waals surface area contributed by atoms with Crippen LogP contribution in [0.15, 0.2) is 44.9 Å². The molecule has 146 valence electrons. The Morgan fingerprint density at radius 3 is 2.82 bits per heavy atom. The lowest BCUT2D eigenvalue weighted by atomic mass is 9.86. The van der Waals surface area contributed by atoms with Crippen LogP contribution in [0.4, 0.5) is 0 Å². The molecule has 3 heterocycles. The van der Waals surface area contributed by atoms with Crippen molar-refractivity contribution in [1.29, 1.82) is 0 Å². The number of aliphatic hydroxyl groups is 1. The summed E-state index contributed by atoms with van der Waals surface area (Å²) in [4.78, 5) is 25.0. The molecule has 1 aromatic carbocycles. The Morgan fingerprint density at radius 1 is 1.29 bits per heavy atom. The van der Waals surface area contributed by atoms with Crippen LogP contribution >= 0.6 is 0 Å². The van der Waals surface area contributed by atoms with Crippen molar-refractivity contribution in [2.45, 2.75) is 19.4 Å². The number of hydrogen-bond acceptors (Lipinski definition) is 9.